The van der Waals surface area contributed by atoms with Gasteiger partial charge in [0.25, 0.3) is 0 Å². The molecule has 4 saturated carbocycles. The van der Waals surface area contributed by atoms with Crippen LogP contribution in [0.4, 0.5) is 0 Å². The molecule has 0 aromatic rings. The molecule has 9 atom stereocenters. The summed E-state index contributed by atoms with van der Waals surface area (Å²) in [5.74, 6) is 3.80. The highest BCUT2D eigenvalue weighted by atomic mass is 16.3. The van der Waals surface area contributed by atoms with Gasteiger partial charge in [0.05, 0.1) is 11.7 Å². The van der Waals surface area contributed by atoms with Crippen molar-refractivity contribution in [1.29, 1.82) is 0 Å². The molecule has 0 radical (unpaired) electrons. The number of allylic oxidation sites excluding steroid dienone is 1. The summed E-state index contributed by atoms with van der Waals surface area (Å²) >= 11 is 0. The lowest BCUT2D eigenvalue weighted by atomic mass is 9.35. The van der Waals surface area contributed by atoms with E-state index in [2.05, 4.69) is 47.6 Å². The maximum Gasteiger partial charge on any atom is 0.0771 e. The molecule has 4 aliphatic rings. The molecule has 0 heterocycles. The first-order valence-corrected chi connectivity index (χ1v) is 13.7. The van der Waals surface area contributed by atoms with E-state index >= 15 is 0 Å². The van der Waals surface area contributed by atoms with Crippen LogP contribution >= 0.6 is 0 Å². The lowest BCUT2D eigenvalue weighted by Crippen LogP contribution is -2.63. The maximum absolute atomic E-state index is 10.8. The summed E-state index contributed by atoms with van der Waals surface area (Å²) in [7, 11) is 0. The average Bonchev–Trinajstić information content (AvgIpc) is 3.03. The lowest BCUT2D eigenvalue weighted by Gasteiger charge is -2.70. The first kappa shape index (κ1) is 24.8. The third kappa shape index (κ3) is 3.57. The Bertz CT molecular complexity index is 732. The quantitative estimate of drug-likeness (QED) is 0.444. The van der Waals surface area contributed by atoms with Crippen molar-refractivity contribution in [3.8, 4) is 0 Å². The first-order valence-electron chi connectivity index (χ1n) is 13.7. The summed E-state index contributed by atoms with van der Waals surface area (Å²) in [6.45, 7) is 18.9. The molecule has 0 aliphatic heterocycles. The van der Waals surface area contributed by atoms with Crippen LogP contribution in [0.15, 0.2) is 12.2 Å². The van der Waals surface area contributed by atoms with Crippen LogP contribution in [0, 0.1) is 51.2 Å². The van der Waals surface area contributed by atoms with E-state index in [0.29, 0.717) is 28.1 Å². The molecule has 0 spiro atoms. The van der Waals surface area contributed by atoms with Crippen LogP contribution in [-0.4, -0.2) is 21.9 Å². The summed E-state index contributed by atoms with van der Waals surface area (Å²) in [6, 6.07) is 0. The monoisotopic (exact) mass is 444 g/mol. The topological polar surface area (TPSA) is 40.5 Å². The SMILES string of the molecule is C[C@H](C/C=C/C(C)(C)O)[C@H]1CC[C@]2(C)[C@@H]1CC[C@@H]1[C@@]3(C)CC[C@H](O)C(C)(C)[C@@H]3CC[C@]12C. The van der Waals surface area contributed by atoms with Crippen LogP contribution in [0.3, 0.4) is 0 Å². The molecule has 0 unspecified atom stereocenters. The predicted molar refractivity (Wildman–Crippen MR) is 134 cm³/mol. The molecule has 4 rings (SSSR count). The van der Waals surface area contributed by atoms with E-state index in [1.807, 2.05) is 19.9 Å². The number of fused-ring (bicyclic) bond motifs is 5. The van der Waals surface area contributed by atoms with Gasteiger partial charge in [0, 0.05) is 0 Å². The van der Waals surface area contributed by atoms with Crippen molar-refractivity contribution in [3.63, 3.8) is 0 Å². The van der Waals surface area contributed by atoms with Gasteiger partial charge in [-0.1, -0.05) is 53.7 Å². The fourth-order valence-electron chi connectivity index (χ4n) is 10.2. The first-order chi connectivity index (χ1) is 14.7. The summed E-state index contributed by atoms with van der Waals surface area (Å²) in [5.41, 5.74) is 0.597. The van der Waals surface area contributed by atoms with Gasteiger partial charge in [-0.3, -0.25) is 0 Å². The number of rotatable bonds is 4. The predicted octanol–water partition coefficient (Wildman–Crippen LogP) is 7.39. The molecule has 2 N–H and O–H groups in total. The molecule has 184 valence electrons. The van der Waals surface area contributed by atoms with Crippen molar-refractivity contribution in [2.24, 2.45) is 51.2 Å². The molecule has 0 bridgehead atoms. The van der Waals surface area contributed by atoms with E-state index in [-0.39, 0.29) is 11.5 Å². The van der Waals surface area contributed by atoms with Gasteiger partial charge in [-0.2, -0.15) is 0 Å². The Labute approximate surface area is 198 Å². The number of aliphatic hydroxyl groups is 2. The smallest absolute Gasteiger partial charge is 0.0771 e. The molecule has 4 fully saturated rings. The van der Waals surface area contributed by atoms with Gasteiger partial charge < -0.3 is 10.2 Å². The minimum Gasteiger partial charge on any atom is -0.393 e. The molecule has 2 nitrogen and oxygen atoms in total. The lowest BCUT2D eigenvalue weighted by molar-refractivity contribution is -0.222. The second-order valence-corrected chi connectivity index (χ2v) is 14.5. The Morgan fingerprint density at radius 2 is 1.53 bits per heavy atom. The van der Waals surface area contributed by atoms with E-state index in [1.165, 1.54) is 44.9 Å². The highest BCUT2D eigenvalue weighted by molar-refractivity contribution is 5.17. The van der Waals surface area contributed by atoms with Crippen LogP contribution in [-0.2, 0) is 0 Å². The Kier molecular flexibility index (Phi) is 6.07. The van der Waals surface area contributed by atoms with Crippen molar-refractivity contribution >= 4 is 0 Å². The molecule has 0 aromatic heterocycles. The van der Waals surface area contributed by atoms with Crippen LogP contribution < -0.4 is 0 Å². The normalized spacial score (nSPS) is 49.4. The van der Waals surface area contributed by atoms with Crippen molar-refractivity contribution in [3.05, 3.63) is 12.2 Å². The Morgan fingerprint density at radius 3 is 2.19 bits per heavy atom. The summed E-state index contributed by atoms with van der Waals surface area (Å²) in [4.78, 5) is 0. The van der Waals surface area contributed by atoms with Crippen LogP contribution in [0.5, 0.6) is 0 Å². The Balaban J connectivity index is 1.57. The third-order valence-electron chi connectivity index (χ3n) is 12.2. The molecular formula is C30H52O2. The number of hydrogen-bond acceptors (Lipinski definition) is 2. The van der Waals surface area contributed by atoms with Crippen LogP contribution in [0.25, 0.3) is 0 Å². The minimum absolute atomic E-state index is 0.0472. The second-order valence-electron chi connectivity index (χ2n) is 14.5. The summed E-state index contributed by atoms with van der Waals surface area (Å²) in [5, 5.41) is 20.9. The van der Waals surface area contributed by atoms with Gasteiger partial charge in [0.2, 0.25) is 0 Å². The molecule has 0 amide bonds. The second kappa shape index (κ2) is 7.84. The van der Waals surface area contributed by atoms with Crippen molar-refractivity contribution in [1.82, 2.24) is 0 Å². The third-order valence-corrected chi connectivity index (χ3v) is 12.2. The van der Waals surface area contributed by atoms with Crippen LogP contribution in [0.1, 0.15) is 113 Å². The molecule has 0 saturated heterocycles. The van der Waals surface area contributed by atoms with E-state index in [1.54, 1.807) is 0 Å². The minimum atomic E-state index is -0.703. The maximum atomic E-state index is 10.8. The van der Waals surface area contributed by atoms with E-state index in [9.17, 15) is 10.2 Å². The molecule has 4 aliphatic carbocycles. The fraction of sp³-hybridized carbons (Fsp3) is 0.933. The summed E-state index contributed by atoms with van der Waals surface area (Å²) < 4.78 is 0. The van der Waals surface area contributed by atoms with E-state index in [0.717, 1.165) is 30.6 Å². The van der Waals surface area contributed by atoms with Gasteiger partial charge in [-0.25, -0.2) is 0 Å². The standard InChI is InChI=1S/C30H52O2/c1-20(10-9-16-26(2,3)32)21-13-18-29(7)22(21)11-12-24-28(6)17-15-25(31)27(4,5)23(28)14-19-30(24,29)8/h9,16,20-25,31-32H,10-15,17-19H2,1-8H3/b16-9+/t20-,21-,22-,23+,24-,25+,28+,29-,30-/m1/s1. The number of hydrogen-bond donors (Lipinski definition) is 2. The van der Waals surface area contributed by atoms with Crippen LogP contribution in [0.2, 0.25) is 0 Å². The molecule has 0 aromatic carbocycles. The van der Waals surface area contributed by atoms with Crippen molar-refractivity contribution in [2.75, 3.05) is 0 Å². The van der Waals surface area contributed by atoms with Crippen molar-refractivity contribution < 1.29 is 10.2 Å². The van der Waals surface area contributed by atoms with Gasteiger partial charge >= 0.3 is 0 Å². The van der Waals surface area contributed by atoms with Gasteiger partial charge in [0.15, 0.2) is 0 Å². The highest BCUT2D eigenvalue weighted by Crippen LogP contribution is 2.75. The van der Waals surface area contributed by atoms with Gasteiger partial charge in [-0.15, -0.1) is 0 Å². The average molecular weight is 445 g/mol. The zero-order valence-electron chi connectivity index (χ0n) is 22.4. The van der Waals surface area contributed by atoms with Crippen molar-refractivity contribution in [2.45, 2.75) is 125 Å². The van der Waals surface area contributed by atoms with Gasteiger partial charge in [-0.05, 0) is 123 Å². The summed E-state index contributed by atoms with van der Waals surface area (Å²) in [6.07, 6.45) is 15.6. The zero-order chi connectivity index (χ0) is 23.7. The Morgan fingerprint density at radius 1 is 0.875 bits per heavy atom. The molecular weight excluding hydrogens is 392 g/mol. The number of aliphatic hydroxyl groups excluding tert-OH is 1. The van der Waals surface area contributed by atoms with E-state index in [4.69, 9.17) is 0 Å². The Hall–Kier alpha value is -0.340. The van der Waals surface area contributed by atoms with Gasteiger partial charge in [0.1, 0.15) is 0 Å². The highest BCUT2D eigenvalue weighted by Gasteiger charge is 2.68. The zero-order valence-corrected chi connectivity index (χ0v) is 22.4. The largest absolute Gasteiger partial charge is 0.393 e. The molecule has 32 heavy (non-hydrogen) atoms. The molecule has 2 heteroatoms. The fourth-order valence-corrected chi connectivity index (χ4v) is 10.2. The van der Waals surface area contributed by atoms with E-state index < -0.39 is 5.60 Å².